The summed E-state index contributed by atoms with van der Waals surface area (Å²) in [6, 6.07) is 14.5. The minimum absolute atomic E-state index is 0.232. The van der Waals surface area contributed by atoms with E-state index < -0.39 is 0 Å². The van der Waals surface area contributed by atoms with Crippen LogP contribution < -0.4 is 4.74 Å². The summed E-state index contributed by atoms with van der Waals surface area (Å²) in [5, 5.41) is 0. The molecule has 1 heterocycles. The molecule has 0 fully saturated rings. The number of aromatic nitrogens is 2. The Labute approximate surface area is 141 Å². The topological polar surface area (TPSA) is 27.1 Å². The van der Waals surface area contributed by atoms with Crippen molar-refractivity contribution < 1.29 is 9.13 Å². The average Bonchev–Trinajstić information content (AvgIpc) is 2.99. The molecule has 1 aromatic heterocycles. The van der Waals surface area contributed by atoms with Gasteiger partial charge < -0.3 is 9.30 Å². The van der Waals surface area contributed by atoms with E-state index in [1.54, 1.807) is 19.2 Å². The van der Waals surface area contributed by atoms with Gasteiger partial charge in [0.15, 0.2) is 0 Å². The van der Waals surface area contributed by atoms with Crippen molar-refractivity contribution in [1.82, 2.24) is 9.55 Å². The average molecular weight is 324 g/mol. The molecule has 0 N–H and O–H groups in total. The zero-order chi connectivity index (χ0) is 16.9. The number of ether oxygens (including phenoxy) is 1. The lowest BCUT2D eigenvalue weighted by Crippen LogP contribution is -2.05. The van der Waals surface area contributed by atoms with Gasteiger partial charge in [0, 0.05) is 16.8 Å². The highest BCUT2D eigenvalue weighted by molar-refractivity contribution is 5.62. The van der Waals surface area contributed by atoms with Crippen molar-refractivity contribution in [3.05, 3.63) is 71.9 Å². The molecule has 0 radical (unpaired) electrons. The molecule has 0 bridgehead atoms. The van der Waals surface area contributed by atoms with Gasteiger partial charge in [0.05, 0.1) is 25.7 Å². The number of halogens is 1. The van der Waals surface area contributed by atoms with E-state index in [2.05, 4.69) is 22.5 Å². The number of imidazole rings is 1. The summed E-state index contributed by atoms with van der Waals surface area (Å²) in [7, 11) is 1.68. The van der Waals surface area contributed by atoms with E-state index in [1.165, 1.54) is 12.1 Å². The van der Waals surface area contributed by atoms with Crippen LogP contribution in [0.1, 0.15) is 24.6 Å². The summed E-state index contributed by atoms with van der Waals surface area (Å²) < 4.78 is 20.8. The number of rotatable bonds is 6. The molecular formula is C20H21FN2O. The second-order valence-corrected chi connectivity index (χ2v) is 5.74. The molecule has 3 aromatic rings. The quantitative estimate of drug-likeness (QED) is 0.657. The van der Waals surface area contributed by atoms with Crippen LogP contribution in [0.4, 0.5) is 4.39 Å². The highest BCUT2D eigenvalue weighted by Crippen LogP contribution is 2.26. The minimum Gasteiger partial charge on any atom is -0.496 e. The largest absolute Gasteiger partial charge is 0.496 e. The van der Waals surface area contributed by atoms with E-state index in [1.807, 2.05) is 24.5 Å². The third-order valence-electron chi connectivity index (χ3n) is 4.08. The van der Waals surface area contributed by atoms with Crippen LogP contribution in [0.5, 0.6) is 5.75 Å². The van der Waals surface area contributed by atoms with Gasteiger partial charge in [0.1, 0.15) is 11.6 Å². The second-order valence-electron chi connectivity index (χ2n) is 5.74. The Bertz CT molecular complexity index is 809. The number of benzene rings is 2. The predicted molar refractivity (Wildman–Crippen MR) is 93.7 cm³/mol. The van der Waals surface area contributed by atoms with E-state index in [4.69, 9.17) is 4.74 Å². The first-order valence-corrected chi connectivity index (χ1v) is 8.14. The number of para-hydroxylation sites is 1. The molecule has 0 spiro atoms. The Morgan fingerprint density at radius 2 is 1.83 bits per heavy atom. The van der Waals surface area contributed by atoms with Gasteiger partial charge in [0.25, 0.3) is 0 Å². The van der Waals surface area contributed by atoms with Crippen molar-refractivity contribution in [2.75, 3.05) is 7.11 Å². The maximum absolute atomic E-state index is 13.2. The molecule has 3 nitrogen and oxygen atoms in total. The van der Waals surface area contributed by atoms with Crippen LogP contribution in [0.3, 0.4) is 0 Å². The molecule has 3 rings (SSSR count). The summed E-state index contributed by atoms with van der Waals surface area (Å²) in [6.07, 6.45) is 3.80. The van der Waals surface area contributed by atoms with Crippen LogP contribution in [-0.2, 0) is 13.0 Å². The van der Waals surface area contributed by atoms with Crippen LogP contribution in [0.2, 0.25) is 0 Å². The van der Waals surface area contributed by atoms with Crippen LogP contribution in [0, 0.1) is 5.82 Å². The lowest BCUT2D eigenvalue weighted by Gasteiger charge is -2.12. The van der Waals surface area contributed by atoms with E-state index in [0.29, 0.717) is 6.54 Å². The van der Waals surface area contributed by atoms with Gasteiger partial charge in [0.2, 0.25) is 0 Å². The van der Waals surface area contributed by atoms with Gasteiger partial charge in [-0.2, -0.15) is 0 Å². The summed E-state index contributed by atoms with van der Waals surface area (Å²) >= 11 is 0. The van der Waals surface area contributed by atoms with Gasteiger partial charge in [-0.25, -0.2) is 9.37 Å². The summed E-state index contributed by atoms with van der Waals surface area (Å²) in [4.78, 5) is 4.59. The normalized spacial score (nSPS) is 10.8. The summed E-state index contributed by atoms with van der Waals surface area (Å²) in [5.41, 5.74) is 4.14. The molecular weight excluding hydrogens is 303 g/mol. The van der Waals surface area contributed by atoms with Gasteiger partial charge in [-0.1, -0.05) is 31.5 Å². The fraction of sp³-hybridized carbons (Fsp3) is 0.250. The first-order valence-electron chi connectivity index (χ1n) is 8.14. The maximum atomic E-state index is 13.2. The van der Waals surface area contributed by atoms with E-state index in [0.717, 1.165) is 41.1 Å². The molecule has 124 valence electrons. The Morgan fingerprint density at radius 3 is 2.54 bits per heavy atom. The fourth-order valence-electron chi connectivity index (χ4n) is 2.91. The lowest BCUT2D eigenvalue weighted by molar-refractivity contribution is 0.408. The zero-order valence-electron chi connectivity index (χ0n) is 14.0. The highest BCUT2D eigenvalue weighted by atomic mass is 19.1. The Hall–Kier alpha value is -2.62. The number of hydrogen-bond donors (Lipinski definition) is 0. The summed E-state index contributed by atoms with van der Waals surface area (Å²) in [6.45, 7) is 2.85. The van der Waals surface area contributed by atoms with Gasteiger partial charge in [-0.05, 0) is 36.8 Å². The van der Waals surface area contributed by atoms with Crippen LogP contribution in [0.25, 0.3) is 11.3 Å². The van der Waals surface area contributed by atoms with Crippen molar-refractivity contribution in [3.63, 3.8) is 0 Å². The SMILES string of the molecule is CCCc1c(-c2ccc(F)cc2)ncn1Cc1ccccc1OC. The van der Waals surface area contributed by atoms with Gasteiger partial charge in [-0.15, -0.1) is 0 Å². The van der Waals surface area contributed by atoms with Crippen molar-refractivity contribution in [2.24, 2.45) is 0 Å². The second kappa shape index (κ2) is 7.30. The van der Waals surface area contributed by atoms with E-state index in [-0.39, 0.29) is 5.82 Å². The lowest BCUT2D eigenvalue weighted by atomic mass is 10.1. The molecule has 0 saturated heterocycles. The standard InChI is InChI=1S/C20H21FN2O/c1-3-6-18-20(15-9-11-17(21)12-10-15)22-14-23(18)13-16-7-4-5-8-19(16)24-2/h4-5,7-12,14H,3,6,13H2,1-2H3. The Kier molecular flexibility index (Phi) is 4.94. The van der Waals surface area contributed by atoms with E-state index in [9.17, 15) is 4.39 Å². The molecule has 4 heteroatoms. The molecule has 0 amide bonds. The monoisotopic (exact) mass is 324 g/mol. The predicted octanol–water partition coefficient (Wildman–Crippen LogP) is 4.70. The van der Waals surface area contributed by atoms with Crippen molar-refractivity contribution in [1.29, 1.82) is 0 Å². The zero-order valence-corrected chi connectivity index (χ0v) is 14.0. The van der Waals surface area contributed by atoms with Crippen molar-refractivity contribution in [3.8, 4) is 17.0 Å². The van der Waals surface area contributed by atoms with Crippen molar-refractivity contribution >= 4 is 0 Å². The first kappa shape index (κ1) is 16.2. The minimum atomic E-state index is -0.232. The first-order chi connectivity index (χ1) is 11.7. The van der Waals surface area contributed by atoms with Gasteiger partial charge in [-0.3, -0.25) is 0 Å². The molecule has 0 saturated carbocycles. The number of nitrogens with zero attached hydrogens (tertiary/aromatic N) is 2. The summed E-state index contributed by atoms with van der Waals surface area (Å²) in [5.74, 6) is 0.640. The van der Waals surface area contributed by atoms with Crippen LogP contribution in [0.15, 0.2) is 54.9 Å². The molecule has 24 heavy (non-hydrogen) atoms. The third kappa shape index (κ3) is 3.32. The molecule has 2 aromatic carbocycles. The van der Waals surface area contributed by atoms with Crippen molar-refractivity contribution in [2.45, 2.75) is 26.3 Å². The van der Waals surface area contributed by atoms with Gasteiger partial charge >= 0.3 is 0 Å². The molecule has 0 atom stereocenters. The third-order valence-corrected chi connectivity index (χ3v) is 4.08. The van der Waals surface area contributed by atoms with Crippen LogP contribution in [-0.4, -0.2) is 16.7 Å². The smallest absolute Gasteiger partial charge is 0.123 e. The Morgan fingerprint density at radius 1 is 1.08 bits per heavy atom. The molecule has 0 aliphatic rings. The molecule has 0 aliphatic carbocycles. The number of hydrogen-bond acceptors (Lipinski definition) is 2. The Balaban J connectivity index is 1.98. The van der Waals surface area contributed by atoms with E-state index >= 15 is 0 Å². The molecule has 0 aliphatic heterocycles. The molecule has 0 unspecified atom stereocenters. The maximum Gasteiger partial charge on any atom is 0.123 e. The van der Waals surface area contributed by atoms with Crippen LogP contribution >= 0.6 is 0 Å². The highest BCUT2D eigenvalue weighted by Gasteiger charge is 2.14. The number of methoxy groups -OCH3 is 1. The fourth-order valence-corrected chi connectivity index (χ4v) is 2.91.